The number of benzene rings is 1. The van der Waals surface area contributed by atoms with Crippen molar-refractivity contribution in [3.05, 3.63) is 64.1 Å². The number of hydrogen-bond donors (Lipinski definition) is 3. The number of likely N-dealkylation sites (tertiary alicyclic amines) is 1. The highest BCUT2D eigenvalue weighted by Crippen LogP contribution is 2.14. The summed E-state index contributed by atoms with van der Waals surface area (Å²) >= 11 is 0. The van der Waals surface area contributed by atoms with E-state index < -0.39 is 6.10 Å². The summed E-state index contributed by atoms with van der Waals surface area (Å²) in [5, 5.41) is 19.4. The molecule has 8 nitrogen and oxygen atoms in total. The third-order valence-electron chi connectivity index (χ3n) is 4.62. The molecule has 0 aliphatic carbocycles. The van der Waals surface area contributed by atoms with Gasteiger partial charge in [0.25, 0.3) is 11.5 Å². The number of rotatable bonds is 5. The number of H-pyrrole nitrogens is 1. The topological polar surface area (TPSA) is 115 Å². The van der Waals surface area contributed by atoms with Gasteiger partial charge in [0.15, 0.2) is 0 Å². The molecule has 3 N–H and O–H groups in total. The van der Waals surface area contributed by atoms with E-state index in [0.29, 0.717) is 30.6 Å². The second kappa shape index (κ2) is 8.59. The van der Waals surface area contributed by atoms with Crippen molar-refractivity contribution >= 4 is 11.8 Å². The van der Waals surface area contributed by atoms with Crippen molar-refractivity contribution < 1.29 is 14.7 Å². The summed E-state index contributed by atoms with van der Waals surface area (Å²) in [5.74, 6) is -0.321. The molecule has 0 unspecified atom stereocenters. The van der Waals surface area contributed by atoms with Gasteiger partial charge in [0.2, 0.25) is 5.91 Å². The second-order valence-corrected chi connectivity index (χ2v) is 6.55. The van der Waals surface area contributed by atoms with Gasteiger partial charge in [0.05, 0.1) is 17.8 Å². The Morgan fingerprint density at radius 2 is 2.00 bits per heavy atom. The van der Waals surface area contributed by atoms with E-state index in [0.717, 1.165) is 0 Å². The zero-order valence-electron chi connectivity index (χ0n) is 14.8. The van der Waals surface area contributed by atoms with Gasteiger partial charge in [-0.15, -0.1) is 0 Å². The van der Waals surface area contributed by atoms with E-state index in [1.54, 1.807) is 35.2 Å². The number of aliphatic hydroxyl groups excluding tert-OH is 1. The third-order valence-corrected chi connectivity index (χ3v) is 4.62. The van der Waals surface area contributed by atoms with Crippen LogP contribution in [0, 0.1) is 0 Å². The number of amides is 2. The number of carbonyl (C=O) groups is 2. The number of aryl methyl sites for hydroxylation is 1. The molecule has 0 radical (unpaired) electrons. The first-order valence-electron chi connectivity index (χ1n) is 8.89. The Labute approximate surface area is 156 Å². The molecule has 2 atom stereocenters. The van der Waals surface area contributed by atoms with Crippen LogP contribution in [0.3, 0.4) is 0 Å². The second-order valence-electron chi connectivity index (χ2n) is 6.55. The van der Waals surface area contributed by atoms with E-state index in [-0.39, 0.29) is 36.4 Å². The van der Waals surface area contributed by atoms with Gasteiger partial charge in [-0.1, -0.05) is 18.2 Å². The van der Waals surface area contributed by atoms with Crippen molar-refractivity contribution in [1.29, 1.82) is 0 Å². The van der Waals surface area contributed by atoms with Crippen molar-refractivity contribution in [3.8, 4) is 0 Å². The van der Waals surface area contributed by atoms with Crippen molar-refractivity contribution in [1.82, 2.24) is 20.4 Å². The minimum Gasteiger partial charge on any atom is -0.389 e. The average Bonchev–Trinajstić information content (AvgIpc) is 2.69. The molecule has 142 valence electrons. The lowest BCUT2D eigenvalue weighted by molar-refractivity contribution is -0.134. The Morgan fingerprint density at radius 1 is 1.22 bits per heavy atom. The molecule has 2 amide bonds. The lowest BCUT2D eigenvalue weighted by Gasteiger charge is -2.36. The number of β-amino-alcohol motifs (C(OH)–C–C–N with tert-alkyl or cyclic N) is 1. The number of aromatic nitrogens is 2. The van der Waals surface area contributed by atoms with E-state index in [1.165, 1.54) is 6.07 Å². The van der Waals surface area contributed by atoms with E-state index in [9.17, 15) is 19.5 Å². The summed E-state index contributed by atoms with van der Waals surface area (Å²) < 4.78 is 0. The van der Waals surface area contributed by atoms with Crippen molar-refractivity contribution in [3.63, 3.8) is 0 Å². The van der Waals surface area contributed by atoms with Crippen LogP contribution >= 0.6 is 0 Å². The number of nitrogens with one attached hydrogen (secondary N) is 2. The van der Waals surface area contributed by atoms with Crippen LogP contribution in [0.2, 0.25) is 0 Å². The van der Waals surface area contributed by atoms with Gasteiger partial charge in [-0.25, -0.2) is 5.10 Å². The van der Waals surface area contributed by atoms with Gasteiger partial charge in [-0.2, -0.15) is 5.10 Å². The SMILES string of the molecule is O=C(N[C@@H]1CCN(C(=O)CCc2ccc(=O)[nH]n2)C[C@H]1O)c1ccccc1. The molecule has 3 rings (SSSR count). The van der Waals surface area contributed by atoms with Crippen LogP contribution in [0.5, 0.6) is 0 Å². The highest BCUT2D eigenvalue weighted by Gasteiger charge is 2.31. The number of carbonyl (C=O) groups excluding carboxylic acids is 2. The normalized spacial score (nSPS) is 19.5. The van der Waals surface area contributed by atoms with Gasteiger partial charge in [-0.05, 0) is 24.6 Å². The minimum absolute atomic E-state index is 0.0881. The molecule has 1 aliphatic heterocycles. The van der Waals surface area contributed by atoms with Crippen LogP contribution in [-0.4, -0.2) is 57.3 Å². The smallest absolute Gasteiger partial charge is 0.264 e. The molecule has 0 bridgehead atoms. The highest BCUT2D eigenvalue weighted by molar-refractivity contribution is 5.94. The first kappa shape index (κ1) is 18.8. The van der Waals surface area contributed by atoms with Gasteiger partial charge in [-0.3, -0.25) is 14.4 Å². The first-order valence-corrected chi connectivity index (χ1v) is 8.89. The van der Waals surface area contributed by atoms with E-state index in [1.807, 2.05) is 6.07 Å². The largest absolute Gasteiger partial charge is 0.389 e. The molecule has 8 heteroatoms. The maximum absolute atomic E-state index is 12.4. The Balaban J connectivity index is 1.48. The third kappa shape index (κ3) is 5.01. The lowest BCUT2D eigenvalue weighted by atomic mass is 10.0. The van der Waals surface area contributed by atoms with Crippen LogP contribution in [0.25, 0.3) is 0 Å². The van der Waals surface area contributed by atoms with Crippen molar-refractivity contribution in [2.75, 3.05) is 13.1 Å². The predicted molar refractivity (Wildman–Crippen MR) is 98.1 cm³/mol. The zero-order valence-corrected chi connectivity index (χ0v) is 14.8. The maximum Gasteiger partial charge on any atom is 0.264 e. The molecule has 2 aromatic rings. The maximum atomic E-state index is 12.4. The first-order chi connectivity index (χ1) is 13.0. The summed E-state index contributed by atoms with van der Waals surface area (Å²) in [6.07, 6.45) is 0.326. The summed E-state index contributed by atoms with van der Waals surface area (Å²) in [4.78, 5) is 37.2. The van der Waals surface area contributed by atoms with Crippen molar-refractivity contribution in [2.24, 2.45) is 0 Å². The number of piperidine rings is 1. The number of aromatic amines is 1. The van der Waals surface area contributed by atoms with Gasteiger partial charge in [0.1, 0.15) is 0 Å². The van der Waals surface area contributed by atoms with Gasteiger partial charge >= 0.3 is 0 Å². The number of aliphatic hydroxyl groups is 1. The molecular weight excluding hydrogens is 348 g/mol. The number of hydrogen-bond acceptors (Lipinski definition) is 5. The van der Waals surface area contributed by atoms with Crippen molar-refractivity contribution in [2.45, 2.75) is 31.4 Å². The molecule has 1 aromatic carbocycles. The monoisotopic (exact) mass is 370 g/mol. The fourth-order valence-electron chi connectivity index (χ4n) is 3.07. The molecule has 0 spiro atoms. The standard InChI is InChI=1S/C19H22N4O4/c24-16-12-23(18(26)9-7-14-6-8-17(25)22-21-14)11-10-15(16)20-19(27)13-4-2-1-3-5-13/h1-6,8,15-16,24H,7,9-12H2,(H,20,27)(H,22,25)/t15-,16-/m1/s1. The molecule has 27 heavy (non-hydrogen) atoms. The summed E-state index contributed by atoms with van der Waals surface area (Å²) in [6.45, 7) is 0.645. The summed E-state index contributed by atoms with van der Waals surface area (Å²) in [7, 11) is 0. The summed E-state index contributed by atoms with van der Waals surface area (Å²) in [6, 6.07) is 11.4. The van der Waals surface area contributed by atoms with Crippen LogP contribution in [-0.2, 0) is 11.2 Å². The Bertz CT molecular complexity index is 832. The van der Waals surface area contributed by atoms with Gasteiger partial charge in [0, 0.05) is 37.6 Å². The molecule has 2 heterocycles. The number of nitrogens with zero attached hydrogens (tertiary/aromatic N) is 2. The van der Waals surface area contributed by atoms with Crippen LogP contribution in [0.15, 0.2) is 47.3 Å². The molecule has 1 aromatic heterocycles. The average molecular weight is 370 g/mol. The fourth-order valence-corrected chi connectivity index (χ4v) is 3.07. The Kier molecular flexibility index (Phi) is 5.97. The minimum atomic E-state index is -0.818. The van der Waals surface area contributed by atoms with Gasteiger partial charge < -0.3 is 15.3 Å². The molecule has 1 fully saturated rings. The molecule has 1 aliphatic rings. The predicted octanol–water partition coefficient (Wildman–Crippen LogP) is 0.0943. The lowest BCUT2D eigenvalue weighted by Crippen LogP contribution is -2.55. The van der Waals surface area contributed by atoms with E-state index in [2.05, 4.69) is 15.5 Å². The Hall–Kier alpha value is -3.00. The van der Waals surface area contributed by atoms with Crippen LogP contribution in [0.1, 0.15) is 28.9 Å². The quantitative estimate of drug-likeness (QED) is 0.690. The zero-order chi connectivity index (χ0) is 19.2. The van der Waals surface area contributed by atoms with Crippen LogP contribution < -0.4 is 10.9 Å². The summed E-state index contributed by atoms with van der Waals surface area (Å²) in [5.41, 5.74) is 0.887. The molecular formula is C19H22N4O4. The van der Waals surface area contributed by atoms with Crippen LogP contribution in [0.4, 0.5) is 0 Å². The van der Waals surface area contributed by atoms with E-state index in [4.69, 9.17) is 0 Å². The molecule has 0 saturated carbocycles. The highest BCUT2D eigenvalue weighted by atomic mass is 16.3. The Morgan fingerprint density at radius 3 is 2.67 bits per heavy atom. The molecule has 1 saturated heterocycles. The fraction of sp³-hybridized carbons (Fsp3) is 0.368. The van der Waals surface area contributed by atoms with E-state index >= 15 is 0 Å².